The maximum atomic E-state index is 3.56. The molecule has 0 atom stereocenters. The molecule has 0 spiro atoms. The van der Waals surface area contributed by atoms with Crippen molar-refractivity contribution in [2.75, 3.05) is 11.9 Å². The second kappa shape index (κ2) is 5.10. The van der Waals surface area contributed by atoms with Crippen molar-refractivity contribution in [1.82, 2.24) is 0 Å². The Kier molecular flexibility index (Phi) is 2.97. The molecule has 0 aromatic heterocycles. The Morgan fingerprint density at radius 1 is 0.762 bits per heavy atom. The SMILES string of the molecule is C1=C(c2ccccc2)CCNc2ccc3ccccc3c21. The highest BCUT2D eigenvalue weighted by molar-refractivity contribution is 6.00. The van der Waals surface area contributed by atoms with E-state index in [-0.39, 0.29) is 0 Å². The molecule has 0 saturated carbocycles. The minimum absolute atomic E-state index is 0.978. The first kappa shape index (κ1) is 12.2. The van der Waals surface area contributed by atoms with Crippen LogP contribution in [0.15, 0.2) is 66.7 Å². The first-order valence-corrected chi connectivity index (χ1v) is 7.43. The molecule has 1 heteroatoms. The van der Waals surface area contributed by atoms with E-state index in [2.05, 4.69) is 78.1 Å². The molecule has 0 fully saturated rings. The molecule has 0 amide bonds. The molecule has 3 aromatic carbocycles. The lowest BCUT2D eigenvalue weighted by Crippen LogP contribution is -2.00. The summed E-state index contributed by atoms with van der Waals surface area (Å²) in [6.45, 7) is 0.978. The number of hydrogen-bond acceptors (Lipinski definition) is 1. The van der Waals surface area contributed by atoms with E-state index in [0.29, 0.717) is 0 Å². The molecule has 1 aliphatic rings. The van der Waals surface area contributed by atoms with Crippen LogP contribution in [0.4, 0.5) is 5.69 Å². The van der Waals surface area contributed by atoms with Gasteiger partial charge in [0.1, 0.15) is 0 Å². The van der Waals surface area contributed by atoms with Crippen LogP contribution < -0.4 is 5.32 Å². The maximum absolute atomic E-state index is 3.56. The Balaban J connectivity index is 1.95. The average Bonchev–Trinajstić information content (AvgIpc) is 2.78. The van der Waals surface area contributed by atoms with Gasteiger partial charge >= 0.3 is 0 Å². The minimum Gasteiger partial charge on any atom is -0.384 e. The van der Waals surface area contributed by atoms with Crippen LogP contribution in [0.3, 0.4) is 0 Å². The second-order valence-corrected chi connectivity index (χ2v) is 5.46. The molecule has 4 rings (SSSR count). The van der Waals surface area contributed by atoms with Crippen molar-refractivity contribution in [3.05, 3.63) is 77.9 Å². The lowest BCUT2D eigenvalue weighted by Gasteiger charge is -2.09. The van der Waals surface area contributed by atoms with Gasteiger partial charge in [-0.05, 0) is 40.5 Å². The standard InChI is InChI=1S/C20H17N/c1-2-6-15(7-3-1)17-12-13-21-20-11-10-16-8-4-5-9-18(16)19(20)14-17/h1-11,14,21H,12-13H2. The van der Waals surface area contributed by atoms with E-state index in [1.54, 1.807) is 0 Å². The number of benzene rings is 3. The van der Waals surface area contributed by atoms with Crippen LogP contribution in [0.2, 0.25) is 0 Å². The van der Waals surface area contributed by atoms with Crippen molar-refractivity contribution in [3.63, 3.8) is 0 Å². The summed E-state index contributed by atoms with van der Waals surface area (Å²) < 4.78 is 0. The monoisotopic (exact) mass is 271 g/mol. The number of rotatable bonds is 1. The van der Waals surface area contributed by atoms with E-state index in [1.807, 2.05) is 0 Å². The summed E-state index contributed by atoms with van der Waals surface area (Å²) in [4.78, 5) is 0. The molecule has 3 aromatic rings. The third-order valence-electron chi connectivity index (χ3n) is 4.14. The van der Waals surface area contributed by atoms with Crippen molar-refractivity contribution in [1.29, 1.82) is 0 Å². The number of anilines is 1. The molecule has 1 aliphatic heterocycles. The van der Waals surface area contributed by atoms with E-state index < -0.39 is 0 Å². The normalized spacial score (nSPS) is 14.0. The third-order valence-corrected chi connectivity index (χ3v) is 4.14. The van der Waals surface area contributed by atoms with E-state index in [1.165, 1.54) is 33.2 Å². The Bertz CT molecular complexity index is 816. The molecule has 102 valence electrons. The largest absolute Gasteiger partial charge is 0.384 e. The topological polar surface area (TPSA) is 12.0 Å². The van der Waals surface area contributed by atoms with Crippen LogP contribution in [-0.4, -0.2) is 6.54 Å². The molecule has 1 heterocycles. The summed E-state index contributed by atoms with van der Waals surface area (Å²) in [6.07, 6.45) is 3.40. The van der Waals surface area contributed by atoms with E-state index in [4.69, 9.17) is 0 Å². The second-order valence-electron chi connectivity index (χ2n) is 5.46. The summed E-state index contributed by atoms with van der Waals surface area (Å²) in [5, 5.41) is 6.18. The highest BCUT2D eigenvalue weighted by atomic mass is 14.9. The summed E-state index contributed by atoms with van der Waals surface area (Å²) in [6, 6.07) is 23.7. The van der Waals surface area contributed by atoms with E-state index in [0.717, 1.165) is 13.0 Å². The van der Waals surface area contributed by atoms with Crippen LogP contribution in [0.5, 0.6) is 0 Å². The van der Waals surface area contributed by atoms with Crippen LogP contribution in [0.25, 0.3) is 22.4 Å². The van der Waals surface area contributed by atoms with Gasteiger partial charge in [-0.15, -0.1) is 0 Å². The lowest BCUT2D eigenvalue weighted by atomic mass is 9.97. The highest BCUT2D eigenvalue weighted by Crippen LogP contribution is 2.33. The fraction of sp³-hybridized carbons (Fsp3) is 0.100. The van der Waals surface area contributed by atoms with Crippen LogP contribution in [-0.2, 0) is 0 Å². The Morgan fingerprint density at radius 3 is 2.48 bits per heavy atom. The lowest BCUT2D eigenvalue weighted by molar-refractivity contribution is 1.09. The summed E-state index contributed by atoms with van der Waals surface area (Å²) >= 11 is 0. The van der Waals surface area contributed by atoms with Gasteiger partial charge in [0, 0.05) is 17.8 Å². The number of hydrogen-bond donors (Lipinski definition) is 1. The van der Waals surface area contributed by atoms with Crippen molar-refractivity contribution in [2.45, 2.75) is 6.42 Å². The zero-order valence-electron chi connectivity index (χ0n) is 11.8. The Hall–Kier alpha value is -2.54. The zero-order chi connectivity index (χ0) is 14.1. The third kappa shape index (κ3) is 2.21. The average molecular weight is 271 g/mol. The van der Waals surface area contributed by atoms with Crippen molar-refractivity contribution >= 4 is 28.1 Å². The zero-order valence-corrected chi connectivity index (χ0v) is 11.8. The molecule has 0 bridgehead atoms. The van der Waals surface area contributed by atoms with Gasteiger partial charge in [-0.25, -0.2) is 0 Å². The van der Waals surface area contributed by atoms with Gasteiger partial charge in [0.05, 0.1) is 0 Å². The molecule has 1 N–H and O–H groups in total. The predicted octanol–water partition coefficient (Wildman–Crippen LogP) is 5.20. The van der Waals surface area contributed by atoms with Crippen LogP contribution in [0.1, 0.15) is 17.5 Å². The van der Waals surface area contributed by atoms with Gasteiger partial charge < -0.3 is 5.32 Å². The predicted molar refractivity (Wildman–Crippen MR) is 91.4 cm³/mol. The summed E-state index contributed by atoms with van der Waals surface area (Å²) in [7, 11) is 0. The molecule has 1 nitrogen and oxygen atoms in total. The quantitative estimate of drug-likeness (QED) is 0.641. The highest BCUT2D eigenvalue weighted by Gasteiger charge is 2.11. The fourth-order valence-corrected chi connectivity index (χ4v) is 3.06. The summed E-state index contributed by atoms with van der Waals surface area (Å²) in [5.41, 5.74) is 5.27. The number of fused-ring (bicyclic) bond motifs is 3. The van der Waals surface area contributed by atoms with Crippen molar-refractivity contribution in [2.24, 2.45) is 0 Å². The molecule has 0 radical (unpaired) electrons. The van der Waals surface area contributed by atoms with Crippen molar-refractivity contribution in [3.8, 4) is 0 Å². The Morgan fingerprint density at radius 2 is 1.57 bits per heavy atom. The molecule has 0 saturated heterocycles. The van der Waals surface area contributed by atoms with Crippen LogP contribution >= 0.6 is 0 Å². The number of nitrogens with one attached hydrogen (secondary N) is 1. The van der Waals surface area contributed by atoms with Gasteiger partial charge in [0.25, 0.3) is 0 Å². The van der Waals surface area contributed by atoms with Gasteiger partial charge in [0.15, 0.2) is 0 Å². The maximum Gasteiger partial charge on any atom is 0.0420 e. The van der Waals surface area contributed by atoms with Gasteiger partial charge in [0.2, 0.25) is 0 Å². The van der Waals surface area contributed by atoms with Gasteiger partial charge in [-0.3, -0.25) is 0 Å². The first-order valence-electron chi connectivity index (χ1n) is 7.43. The van der Waals surface area contributed by atoms with Crippen LogP contribution in [0, 0.1) is 0 Å². The molecular formula is C20H17N. The molecule has 0 aliphatic carbocycles. The van der Waals surface area contributed by atoms with Gasteiger partial charge in [-0.1, -0.05) is 60.7 Å². The first-order chi connectivity index (χ1) is 10.4. The van der Waals surface area contributed by atoms with Crippen molar-refractivity contribution < 1.29 is 0 Å². The van der Waals surface area contributed by atoms with E-state index in [9.17, 15) is 0 Å². The minimum atomic E-state index is 0.978. The molecule has 0 unspecified atom stereocenters. The fourth-order valence-electron chi connectivity index (χ4n) is 3.06. The summed E-state index contributed by atoms with van der Waals surface area (Å²) in [5.74, 6) is 0. The molecular weight excluding hydrogens is 254 g/mol. The van der Waals surface area contributed by atoms with E-state index >= 15 is 0 Å². The van der Waals surface area contributed by atoms with Gasteiger partial charge in [-0.2, -0.15) is 0 Å². The molecule has 21 heavy (non-hydrogen) atoms. The Labute approximate surface area is 124 Å². The smallest absolute Gasteiger partial charge is 0.0420 e.